The number of nitro benzene ring substituents is 1. The molecule has 1 N–H and O–H groups in total. The van der Waals surface area contributed by atoms with Crippen LogP contribution in [0, 0.1) is 10.1 Å². The first-order valence-electron chi connectivity index (χ1n) is 8.16. The highest BCUT2D eigenvalue weighted by molar-refractivity contribution is 7.22. The number of nitrogens with one attached hydrogen (secondary N) is 1. The monoisotopic (exact) mass is 419 g/mol. The average molecular weight is 419 g/mol. The number of nitro groups is 1. The molecule has 0 saturated heterocycles. The Balaban J connectivity index is 2.05. The minimum Gasteiger partial charge on any atom is -0.497 e. The highest BCUT2D eigenvalue weighted by atomic mass is 32.1. The molecule has 0 aliphatic heterocycles. The van der Waals surface area contributed by atoms with Crippen molar-refractivity contribution in [3.8, 4) is 23.0 Å². The summed E-state index contributed by atoms with van der Waals surface area (Å²) < 4.78 is 21.4. The minimum atomic E-state index is -0.734. The first kappa shape index (κ1) is 20.1. The van der Waals surface area contributed by atoms with Gasteiger partial charge in [0.15, 0.2) is 10.9 Å². The summed E-state index contributed by atoms with van der Waals surface area (Å²) in [7, 11) is 5.46. The van der Waals surface area contributed by atoms with Crippen molar-refractivity contribution in [3.63, 3.8) is 0 Å². The minimum absolute atomic E-state index is 0.0188. The van der Waals surface area contributed by atoms with E-state index >= 15 is 0 Å². The van der Waals surface area contributed by atoms with Gasteiger partial charge in [0.05, 0.1) is 43.6 Å². The van der Waals surface area contributed by atoms with Crippen LogP contribution in [0.15, 0.2) is 24.3 Å². The van der Waals surface area contributed by atoms with E-state index in [2.05, 4.69) is 10.3 Å². The van der Waals surface area contributed by atoms with Crippen molar-refractivity contribution in [1.82, 2.24) is 4.98 Å². The van der Waals surface area contributed by atoms with E-state index in [1.807, 2.05) is 0 Å². The molecule has 11 heteroatoms. The van der Waals surface area contributed by atoms with Crippen LogP contribution in [0.5, 0.6) is 23.0 Å². The van der Waals surface area contributed by atoms with E-state index in [0.717, 1.165) is 4.70 Å². The Morgan fingerprint density at radius 3 is 2.38 bits per heavy atom. The van der Waals surface area contributed by atoms with E-state index in [1.165, 1.54) is 38.7 Å². The molecule has 3 rings (SSSR count). The quantitative estimate of drug-likeness (QED) is 0.456. The standard InChI is InChI=1S/C18H17N3O7S/c1-25-9-5-6-11-13(7-9)29-18(19-11)20-17(22)10-8-12(26-2)15(27-3)16(28-4)14(10)21(23)24/h5-8H,1-4H3,(H,19,20,22). The van der Waals surface area contributed by atoms with E-state index in [1.54, 1.807) is 25.3 Å². The number of anilines is 1. The summed E-state index contributed by atoms with van der Waals surface area (Å²) in [5.41, 5.74) is -0.128. The van der Waals surface area contributed by atoms with Crippen molar-refractivity contribution in [2.24, 2.45) is 0 Å². The maximum Gasteiger partial charge on any atom is 0.327 e. The normalized spacial score (nSPS) is 10.5. The molecule has 1 amide bonds. The molecule has 0 unspecified atom stereocenters. The van der Waals surface area contributed by atoms with Gasteiger partial charge in [0, 0.05) is 6.07 Å². The number of nitrogens with zero attached hydrogens (tertiary/aromatic N) is 2. The molecule has 10 nitrogen and oxygen atoms in total. The van der Waals surface area contributed by atoms with Crippen LogP contribution in [0.4, 0.5) is 10.8 Å². The number of hydrogen-bond donors (Lipinski definition) is 1. The number of ether oxygens (including phenoxy) is 4. The molecule has 152 valence electrons. The summed E-state index contributed by atoms with van der Waals surface area (Å²) in [6.45, 7) is 0. The van der Waals surface area contributed by atoms with E-state index in [9.17, 15) is 14.9 Å². The van der Waals surface area contributed by atoms with Gasteiger partial charge in [-0.25, -0.2) is 4.98 Å². The highest BCUT2D eigenvalue weighted by Crippen LogP contribution is 2.46. The molecule has 29 heavy (non-hydrogen) atoms. The van der Waals surface area contributed by atoms with Gasteiger partial charge < -0.3 is 18.9 Å². The van der Waals surface area contributed by atoms with Crippen molar-refractivity contribution in [2.75, 3.05) is 33.8 Å². The lowest BCUT2D eigenvalue weighted by Crippen LogP contribution is -2.15. The third-order valence-corrected chi connectivity index (χ3v) is 4.98. The third kappa shape index (κ3) is 3.72. The van der Waals surface area contributed by atoms with Crippen LogP contribution in [-0.2, 0) is 0 Å². The molecule has 0 radical (unpaired) electrons. The van der Waals surface area contributed by atoms with E-state index < -0.39 is 16.5 Å². The van der Waals surface area contributed by atoms with Crippen molar-refractivity contribution >= 4 is 38.3 Å². The average Bonchev–Trinajstić information content (AvgIpc) is 3.12. The number of amides is 1. The highest BCUT2D eigenvalue weighted by Gasteiger charge is 2.32. The van der Waals surface area contributed by atoms with E-state index in [4.69, 9.17) is 18.9 Å². The summed E-state index contributed by atoms with van der Waals surface area (Å²) in [6, 6.07) is 6.51. The topological polar surface area (TPSA) is 122 Å². The van der Waals surface area contributed by atoms with Crippen LogP contribution >= 0.6 is 11.3 Å². The fourth-order valence-corrected chi connectivity index (χ4v) is 3.63. The number of benzene rings is 2. The smallest absolute Gasteiger partial charge is 0.327 e. The number of carbonyl (C=O) groups is 1. The van der Waals surface area contributed by atoms with Crippen LogP contribution in [0.3, 0.4) is 0 Å². The van der Waals surface area contributed by atoms with Crippen LogP contribution in [-0.4, -0.2) is 44.3 Å². The van der Waals surface area contributed by atoms with Gasteiger partial charge in [0.25, 0.3) is 5.91 Å². The van der Waals surface area contributed by atoms with Crippen molar-refractivity contribution in [2.45, 2.75) is 0 Å². The summed E-state index contributed by atoms with van der Waals surface area (Å²) in [6.07, 6.45) is 0. The lowest BCUT2D eigenvalue weighted by Gasteiger charge is -2.14. The molecule has 0 spiro atoms. The maximum atomic E-state index is 12.8. The lowest BCUT2D eigenvalue weighted by molar-refractivity contribution is -0.386. The van der Waals surface area contributed by atoms with E-state index in [-0.39, 0.29) is 27.9 Å². The second-order valence-electron chi connectivity index (χ2n) is 5.61. The van der Waals surface area contributed by atoms with Crippen molar-refractivity contribution < 1.29 is 28.7 Å². The zero-order valence-electron chi connectivity index (χ0n) is 16.0. The Morgan fingerprint density at radius 2 is 1.79 bits per heavy atom. The van der Waals surface area contributed by atoms with Crippen LogP contribution in [0.2, 0.25) is 0 Å². The molecule has 1 heterocycles. The van der Waals surface area contributed by atoms with Gasteiger partial charge in [-0.05, 0) is 18.2 Å². The predicted octanol–water partition coefficient (Wildman–Crippen LogP) is 3.49. The molecule has 0 saturated carbocycles. The summed E-state index contributed by atoms with van der Waals surface area (Å²) >= 11 is 1.21. The SMILES string of the molecule is COc1ccc2nc(NC(=O)c3cc(OC)c(OC)c(OC)c3[N+](=O)[O-])sc2c1. The number of fused-ring (bicyclic) bond motifs is 1. The second-order valence-corrected chi connectivity index (χ2v) is 6.64. The Bertz CT molecular complexity index is 1100. The Labute approximate surface area is 169 Å². The summed E-state index contributed by atoms with van der Waals surface area (Å²) in [4.78, 5) is 28.1. The predicted molar refractivity (Wildman–Crippen MR) is 107 cm³/mol. The fraction of sp³-hybridized carbons (Fsp3) is 0.222. The van der Waals surface area contributed by atoms with Gasteiger partial charge in [-0.1, -0.05) is 11.3 Å². The number of thiazole rings is 1. The Morgan fingerprint density at radius 1 is 1.07 bits per heavy atom. The first-order valence-corrected chi connectivity index (χ1v) is 8.98. The number of carbonyl (C=O) groups excluding carboxylic acids is 1. The second kappa shape index (κ2) is 8.19. The molecule has 3 aromatic rings. The summed E-state index contributed by atoms with van der Waals surface area (Å²) in [5.74, 6) is -0.156. The van der Waals surface area contributed by atoms with Gasteiger partial charge in [-0.3, -0.25) is 20.2 Å². The zero-order chi connectivity index (χ0) is 21.1. The molecular weight excluding hydrogens is 402 g/mol. The molecule has 0 aliphatic carbocycles. The lowest BCUT2D eigenvalue weighted by atomic mass is 10.1. The van der Waals surface area contributed by atoms with Gasteiger partial charge in [-0.15, -0.1) is 0 Å². The van der Waals surface area contributed by atoms with Gasteiger partial charge in [-0.2, -0.15) is 0 Å². The van der Waals surface area contributed by atoms with Crippen LogP contribution < -0.4 is 24.3 Å². The number of methoxy groups -OCH3 is 4. The van der Waals surface area contributed by atoms with Crippen molar-refractivity contribution in [3.05, 3.63) is 39.9 Å². The molecular formula is C18H17N3O7S. The Hall–Kier alpha value is -3.60. The summed E-state index contributed by atoms with van der Waals surface area (Å²) in [5, 5.41) is 14.5. The molecule has 0 aliphatic rings. The Kier molecular flexibility index (Phi) is 5.69. The van der Waals surface area contributed by atoms with Gasteiger partial charge in [0.2, 0.25) is 11.5 Å². The van der Waals surface area contributed by atoms with Gasteiger partial charge >= 0.3 is 5.69 Å². The largest absolute Gasteiger partial charge is 0.497 e. The maximum absolute atomic E-state index is 12.8. The van der Waals surface area contributed by atoms with Crippen molar-refractivity contribution in [1.29, 1.82) is 0 Å². The third-order valence-electron chi connectivity index (χ3n) is 4.05. The van der Waals surface area contributed by atoms with E-state index in [0.29, 0.717) is 11.3 Å². The number of hydrogen-bond acceptors (Lipinski definition) is 9. The number of aromatic nitrogens is 1. The number of rotatable bonds is 7. The zero-order valence-corrected chi connectivity index (χ0v) is 16.8. The molecule has 0 bridgehead atoms. The molecule has 1 aromatic heterocycles. The molecule has 2 aromatic carbocycles. The fourth-order valence-electron chi connectivity index (χ4n) is 2.75. The van der Waals surface area contributed by atoms with Gasteiger partial charge in [0.1, 0.15) is 11.3 Å². The molecule has 0 fully saturated rings. The first-order chi connectivity index (χ1) is 13.9. The van der Waals surface area contributed by atoms with Crippen LogP contribution in [0.1, 0.15) is 10.4 Å². The molecule has 0 atom stereocenters. The van der Waals surface area contributed by atoms with Crippen LogP contribution in [0.25, 0.3) is 10.2 Å².